The van der Waals surface area contributed by atoms with E-state index in [1.54, 1.807) is 11.0 Å². The average Bonchev–Trinajstić information content (AvgIpc) is 2.88. The molecule has 1 fully saturated rings. The van der Waals surface area contributed by atoms with Crippen LogP contribution in [0, 0.1) is 18.3 Å². The number of rotatable bonds is 6. The molecule has 34 heavy (non-hydrogen) atoms. The molecule has 0 radical (unpaired) electrons. The third-order valence-corrected chi connectivity index (χ3v) is 6.32. The van der Waals surface area contributed by atoms with Crippen molar-refractivity contribution in [2.24, 2.45) is 0 Å². The Morgan fingerprint density at radius 3 is 2.41 bits per heavy atom. The van der Waals surface area contributed by atoms with E-state index in [2.05, 4.69) is 39.0 Å². The van der Waals surface area contributed by atoms with Gasteiger partial charge in [-0.3, -0.25) is 4.79 Å². The monoisotopic (exact) mass is 515 g/mol. The lowest BCUT2D eigenvalue weighted by Crippen LogP contribution is -2.49. The van der Waals surface area contributed by atoms with Gasteiger partial charge in [-0.25, -0.2) is 0 Å². The maximum Gasteiger partial charge on any atom is 0.264 e. The van der Waals surface area contributed by atoms with E-state index in [1.165, 1.54) is 5.56 Å². The van der Waals surface area contributed by atoms with E-state index < -0.39 is 0 Å². The normalized spacial score (nSPS) is 14.0. The van der Waals surface area contributed by atoms with Crippen LogP contribution < -0.4 is 9.64 Å². The average molecular weight is 516 g/mol. The zero-order chi connectivity index (χ0) is 23.9. The van der Waals surface area contributed by atoms with Gasteiger partial charge in [0.2, 0.25) is 0 Å². The number of carbonyl (C=O) groups is 1. The molecule has 4 rings (SSSR count). The summed E-state index contributed by atoms with van der Waals surface area (Å²) in [5, 5.41) is 9.78. The zero-order valence-corrected chi connectivity index (χ0v) is 20.7. The third kappa shape index (κ3) is 5.86. The van der Waals surface area contributed by atoms with Gasteiger partial charge in [-0.2, -0.15) is 5.26 Å². The Balaban J connectivity index is 1.47. The molecule has 0 saturated carbocycles. The van der Waals surface area contributed by atoms with Crippen LogP contribution in [0.2, 0.25) is 0 Å². The van der Waals surface area contributed by atoms with Gasteiger partial charge in [-0.05, 0) is 48.9 Å². The van der Waals surface area contributed by atoms with E-state index in [4.69, 9.17) is 4.74 Å². The second-order valence-corrected chi connectivity index (χ2v) is 9.16. The van der Waals surface area contributed by atoms with Crippen LogP contribution in [0.1, 0.15) is 16.7 Å². The van der Waals surface area contributed by atoms with E-state index in [9.17, 15) is 10.1 Å². The highest BCUT2D eigenvalue weighted by Crippen LogP contribution is 2.27. The maximum absolute atomic E-state index is 13.1. The minimum atomic E-state index is -0.250. The number of amides is 1. The Morgan fingerprint density at radius 2 is 1.74 bits per heavy atom. The number of aryl methyl sites for hydroxylation is 1. The number of halogens is 1. The SMILES string of the molecule is Cc1ccc(COc2ccc(Br)cc2/C=C(/C#N)C(=O)N2CCN(c3ccccc3)CC2)cc1. The van der Waals surface area contributed by atoms with Crippen LogP contribution in [-0.4, -0.2) is 37.0 Å². The molecule has 0 unspecified atom stereocenters. The number of carbonyl (C=O) groups excluding carboxylic acids is 1. The molecule has 5 nitrogen and oxygen atoms in total. The summed E-state index contributed by atoms with van der Waals surface area (Å²) >= 11 is 3.49. The van der Waals surface area contributed by atoms with Gasteiger partial charge < -0.3 is 14.5 Å². The molecule has 3 aromatic rings. The van der Waals surface area contributed by atoms with Crippen molar-refractivity contribution in [3.63, 3.8) is 0 Å². The van der Waals surface area contributed by atoms with Crippen molar-refractivity contribution in [2.45, 2.75) is 13.5 Å². The predicted molar refractivity (Wildman–Crippen MR) is 138 cm³/mol. The van der Waals surface area contributed by atoms with Gasteiger partial charge in [-0.1, -0.05) is 64.0 Å². The lowest BCUT2D eigenvalue weighted by atomic mass is 10.1. The smallest absolute Gasteiger partial charge is 0.264 e. The number of anilines is 1. The topological polar surface area (TPSA) is 56.6 Å². The molecule has 0 N–H and O–H groups in total. The first-order valence-electron chi connectivity index (χ1n) is 11.2. The Bertz CT molecular complexity index is 1210. The fourth-order valence-corrected chi connectivity index (χ4v) is 4.26. The minimum absolute atomic E-state index is 0.103. The molecular formula is C28H26BrN3O2. The number of benzene rings is 3. The first kappa shape index (κ1) is 23.6. The van der Waals surface area contributed by atoms with Crippen molar-refractivity contribution >= 4 is 33.6 Å². The second kappa shape index (κ2) is 11.0. The molecule has 1 amide bonds. The Hall–Kier alpha value is -3.56. The van der Waals surface area contributed by atoms with Gasteiger partial charge in [0, 0.05) is 41.9 Å². The summed E-state index contributed by atoms with van der Waals surface area (Å²) in [5.41, 5.74) is 4.19. The molecule has 1 aliphatic heterocycles. The van der Waals surface area contributed by atoms with E-state index >= 15 is 0 Å². The van der Waals surface area contributed by atoms with Crippen LogP contribution in [0.4, 0.5) is 5.69 Å². The summed E-state index contributed by atoms with van der Waals surface area (Å²) in [6.07, 6.45) is 1.63. The van der Waals surface area contributed by atoms with E-state index in [0.29, 0.717) is 31.0 Å². The third-order valence-electron chi connectivity index (χ3n) is 5.83. The molecule has 1 saturated heterocycles. The molecule has 0 bridgehead atoms. The zero-order valence-electron chi connectivity index (χ0n) is 19.1. The fraction of sp³-hybridized carbons (Fsp3) is 0.214. The highest BCUT2D eigenvalue weighted by Gasteiger charge is 2.24. The standard InChI is InChI=1S/C28H26BrN3O2/c1-21-7-9-22(10-8-21)20-34-27-12-11-25(29)18-23(27)17-24(19-30)28(33)32-15-13-31(14-16-32)26-5-3-2-4-6-26/h2-12,17-18H,13-16,20H2,1H3/b24-17-. The molecular weight excluding hydrogens is 490 g/mol. The molecule has 3 aromatic carbocycles. The van der Waals surface area contributed by atoms with Gasteiger partial charge in [0.15, 0.2) is 0 Å². The lowest BCUT2D eigenvalue weighted by Gasteiger charge is -2.36. The van der Waals surface area contributed by atoms with Gasteiger partial charge in [0.05, 0.1) is 0 Å². The summed E-state index contributed by atoms with van der Waals surface area (Å²) in [6.45, 7) is 5.06. The van der Waals surface area contributed by atoms with E-state index in [-0.39, 0.29) is 11.5 Å². The molecule has 0 atom stereocenters. The summed E-state index contributed by atoms with van der Waals surface area (Å²) in [4.78, 5) is 17.2. The van der Waals surface area contributed by atoms with Gasteiger partial charge in [0.1, 0.15) is 24.0 Å². The molecule has 1 heterocycles. The molecule has 0 spiro atoms. The summed E-state index contributed by atoms with van der Waals surface area (Å²) in [6, 6.07) is 26.0. The maximum atomic E-state index is 13.1. The first-order valence-corrected chi connectivity index (χ1v) is 12.0. The first-order chi connectivity index (χ1) is 16.5. The van der Waals surface area contributed by atoms with Crippen LogP contribution in [0.5, 0.6) is 5.75 Å². The van der Waals surface area contributed by atoms with Crippen LogP contribution in [0.3, 0.4) is 0 Å². The van der Waals surface area contributed by atoms with Crippen molar-refractivity contribution in [2.75, 3.05) is 31.1 Å². The number of nitrogens with zero attached hydrogens (tertiary/aromatic N) is 3. The fourth-order valence-electron chi connectivity index (χ4n) is 3.88. The molecule has 172 valence electrons. The number of ether oxygens (including phenoxy) is 1. The summed E-state index contributed by atoms with van der Waals surface area (Å²) in [7, 11) is 0. The van der Waals surface area contributed by atoms with Gasteiger partial charge in [0.25, 0.3) is 5.91 Å². The number of para-hydroxylation sites is 1. The molecule has 0 aromatic heterocycles. The highest BCUT2D eigenvalue weighted by atomic mass is 79.9. The van der Waals surface area contributed by atoms with Crippen LogP contribution in [0.25, 0.3) is 6.08 Å². The van der Waals surface area contributed by atoms with Crippen molar-refractivity contribution in [1.82, 2.24) is 4.90 Å². The Morgan fingerprint density at radius 1 is 1.03 bits per heavy atom. The largest absolute Gasteiger partial charge is 0.488 e. The van der Waals surface area contributed by atoms with E-state index in [1.807, 2.05) is 67.6 Å². The number of piperazine rings is 1. The van der Waals surface area contributed by atoms with Crippen molar-refractivity contribution in [3.05, 3.63) is 99.5 Å². The molecule has 1 aliphatic rings. The summed E-state index contributed by atoms with van der Waals surface area (Å²) < 4.78 is 6.90. The van der Waals surface area contributed by atoms with Crippen LogP contribution >= 0.6 is 15.9 Å². The number of hydrogen-bond acceptors (Lipinski definition) is 4. The second-order valence-electron chi connectivity index (χ2n) is 8.24. The predicted octanol–water partition coefficient (Wildman–Crippen LogP) is 5.59. The van der Waals surface area contributed by atoms with E-state index in [0.717, 1.165) is 28.8 Å². The van der Waals surface area contributed by atoms with Crippen molar-refractivity contribution < 1.29 is 9.53 Å². The number of hydrogen-bond donors (Lipinski definition) is 0. The Labute approximate surface area is 209 Å². The molecule has 6 heteroatoms. The lowest BCUT2D eigenvalue weighted by molar-refractivity contribution is -0.126. The number of nitriles is 1. The Kier molecular flexibility index (Phi) is 7.66. The highest BCUT2D eigenvalue weighted by molar-refractivity contribution is 9.10. The van der Waals surface area contributed by atoms with Crippen LogP contribution in [-0.2, 0) is 11.4 Å². The molecule has 0 aliphatic carbocycles. The quantitative estimate of drug-likeness (QED) is 0.317. The van der Waals surface area contributed by atoms with Gasteiger partial charge >= 0.3 is 0 Å². The minimum Gasteiger partial charge on any atom is -0.488 e. The van der Waals surface area contributed by atoms with Gasteiger partial charge in [-0.15, -0.1) is 0 Å². The van der Waals surface area contributed by atoms with Crippen molar-refractivity contribution in [1.29, 1.82) is 5.26 Å². The van der Waals surface area contributed by atoms with Crippen LogP contribution in [0.15, 0.2) is 82.8 Å². The summed E-state index contributed by atoms with van der Waals surface area (Å²) in [5.74, 6) is 0.373. The van der Waals surface area contributed by atoms with Crippen molar-refractivity contribution in [3.8, 4) is 11.8 Å².